The highest BCUT2D eigenvalue weighted by molar-refractivity contribution is 7.89. The van der Waals surface area contributed by atoms with Crippen LogP contribution in [0.1, 0.15) is 26.2 Å². The van der Waals surface area contributed by atoms with Gasteiger partial charge in [0.05, 0.1) is 6.20 Å². The molecule has 0 amide bonds. The van der Waals surface area contributed by atoms with Crippen molar-refractivity contribution in [2.24, 2.45) is 5.73 Å². The molecule has 0 aliphatic carbocycles. The van der Waals surface area contributed by atoms with E-state index in [1.54, 1.807) is 6.92 Å². The van der Waals surface area contributed by atoms with Crippen molar-refractivity contribution in [2.75, 3.05) is 6.54 Å². The minimum absolute atomic E-state index is 0. The molecule has 2 heterocycles. The van der Waals surface area contributed by atoms with E-state index in [1.165, 1.54) is 4.31 Å². The van der Waals surface area contributed by atoms with Crippen LogP contribution in [-0.4, -0.2) is 47.3 Å². The molecule has 0 bridgehead atoms. The summed E-state index contributed by atoms with van der Waals surface area (Å²) in [4.78, 5) is -0.232. The van der Waals surface area contributed by atoms with E-state index in [0.29, 0.717) is 24.1 Å². The van der Waals surface area contributed by atoms with E-state index in [2.05, 4.69) is 5.10 Å². The molecule has 1 aromatic heterocycles. The van der Waals surface area contributed by atoms with E-state index < -0.39 is 22.7 Å². The molecule has 6 nitrogen and oxygen atoms in total. The number of alkyl halides is 3. The van der Waals surface area contributed by atoms with Crippen LogP contribution < -0.4 is 5.73 Å². The molecule has 1 aliphatic rings. The Balaban J connectivity index is 0.00000264. The van der Waals surface area contributed by atoms with Crippen LogP contribution in [-0.2, 0) is 16.6 Å². The molecule has 2 rings (SSSR count). The molecule has 1 fully saturated rings. The first-order valence-electron chi connectivity index (χ1n) is 6.98. The molecule has 11 heteroatoms. The first kappa shape index (κ1) is 20.2. The number of hydrogen-bond acceptors (Lipinski definition) is 4. The van der Waals surface area contributed by atoms with Crippen molar-refractivity contribution >= 4 is 22.4 Å². The van der Waals surface area contributed by atoms with E-state index in [9.17, 15) is 21.6 Å². The Kier molecular flexibility index (Phi) is 6.47. The summed E-state index contributed by atoms with van der Waals surface area (Å²) in [5.74, 6) is 0. The standard InChI is InChI=1S/C12H19F3N4O2S.ClH/c1-9(16)11-4-2-3-5-19(11)22(20,21)10-6-17-18(7-10)8-12(13,14)15;/h6-7,9,11H,2-5,8,16H2,1H3;1H. The molecule has 1 aliphatic heterocycles. The Morgan fingerprint density at radius 2 is 2.09 bits per heavy atom. The van der Waals surface area contributed by atoms with Gasteiger partial charge in [0, 0.05) is 24.8 Å². The molecule has 2 atom stereocenters. The van der Waals surface area contributed by atoms with Gasteiger partial charge in [-0.25, -0.2) is 8.42 Å². The highest BCUT2D eigenvalue weighted by Gasteiger charge is 2.36. The fourth-order valence-electron chi connectivity index (χ4n) is 2.64. The van der Waals surface area contributed by atoms with Gasteiger partial charge >= 0.3 is 6.18 Å². The number of nitrogens with two attached hydrogens (primary N) is 1. The summed E-state index contributed by atoms with van der Waals surface area (Å²) < 4.78 is 64.1. The van der Waals surface area contributed by atoms with Crippen LogP contribution >= 0.6 is 12.4 Å². The summed E-state index contributed by atoms with van der Waals surface area (Å²) in [5, 5.41) is 3.49. The van der Waals surface area contributed by atoms with Crippen molar-refractivity contribution in [3.05, 3.63) is 12.4 Å². The molecule has 2 N–H and O–H groups in total. The van der Waals surface area contributed by atoms with Crippen molar-refractivity contribution in [3.8, 4) is 0 Å². The lowest BCUT2D eigenvalue weighted by Gasteiger charge is -2.36. The Hall–Kier alpha value is -0.840. The van der Waals surface area contributed by atoms with Gasteiger partial charge < -0.3 is 5.73 Å². The van der Waals surface area contributed by atoms with Crippen LogP contribution in [0.4, 0.5) is 13.2 Å². The van der Waals surface area contributed by atoms with Gasteiger partial charge in [-0.3, -0.25) is 4.68 Å². The molecule has 134 valence electrons. The molecular weight excluding hydrogens is 357 g/mol. The minimum Gasteiger partial charge on any atom is -0.326 e. The van der Waals surface area contributed by atoms with Gasteiger partial charge in [-0.15, -0.1) is 12.4 Å². The summed E-state index contributed by atoms with van der Waals surface area (Å²) in [6, 6.07) is -0.690. The number of sulfonamides is 1. The van der Waals surface area contributed by atoms with Gasteiger partial charge in [-0.2, -0.15) is 22.6 Å². The topological polar surface area (TPSA) is 81.2 Å². The minimum atomic E-state index is -4.45. The maximum Gasteiger partial charge on any atom is 0.408 e. The van der Waals surface area contributed by atoms with Crippen molar-refractivity contribution in [1.29, 1.82) is 0 Å². The Bertz CT molecular complexity index is 618. The highest BCUT2D eigenvalue weighted by atomic mass is 35.5. The predicted molar refractivity (Wildman–Crippen MR) is 80.7 cm³/mol. The summed E-state index contributed by atoms with van der Waals surface area (Å²) in [6.07, 6.45) is -0.353. The zero-order chi connectivity index (χ0) is 16.5. The van der Waals surface area contributed by atoms with Gasteiger partial charge in [0.2, 0.25) is 10.0 Å². The van der Waals surface area contributed by atoms with Crippen LogP contribution in [0.25, 0.3) is 0 Å². The number of hydrogen-bond donors (Lipinski definition) is 1. The SMILES string of the molecule is CC(N)C1CCCCN1S(=O)(=O)c1cnn(CC(F)(F)F)c1.Cl. The molecule has 0 spiro atoms. The maximum absolute atomic E-state index is 12.6. The lowest BCUT2D eigenvalue weighted by molar-refractivity contribution is -0.142. The molecule has 0 aromatic carbocycles. The molecule has 2 unspecified atom stereocenters. The van der Waals surface area contributed by atoms with E-state index in [4.69, 9.17) is 5.73 Å². The fraction of sp³-hybridized carbons (Fsp3) is 0.750. The van der Waals surface area contributed by atoms with Crippen LogP contribution in [0.15, 0.2) is 17.3 Å². The zero-order valence-corrected chi connectivity index (χ0v) is 14.2. The molecule has 1 aromatic rings. The average molecular weight is 377 g/mol. The van der Waals surface area contributed by atoms with Crippen LogP contribution in [0.5, 0.6) is 0 Å². The first-order chi connectivity index (χ1) is 10.1. The first-order valence-corrected chi connectivity index (χ1v) is 8.42. The van der Waals surface area contributed by atoms with Gasteiger partial charge in [-0.1, -0.05) is 6.42 Å². The highest BCUT2D eigenvalue weighted by Crippen LogP contribution is 2.27. The second-order valence-corrected chi connectivity index (χ2v) is 7.42. The van der Waals surface area contributed by atoms with Crippen molar-refractivity contribution in [1.82, 2.24) is 14.1 Å². The molecule has 0 radical (unpaired) electrons. The summed E-state index contributed by atoms with van der Waals surface area (Å²) in [6.45, 7) is 0.726. The second kappa shape index (κ2) is 7.37. The quantitative estimate of drug-likeness (QED) is 0.868. The average Bonchev–Trinajstić information content (AvgIpc) is 2.85. The van der Waals surface area contributed by atoms with E-state index in [-0.39, 0.29) is 29.4 Å². The number of halogens is 4. The lowest BCUT2D eigenvalue weighted by atomic mass is 10.00. The van der Waals surface area contributed by atoms with Crippen molar-refractivity contribution in [2.45, 2.75) is 55.9 Å². The number of nitrogens with zero attached hydrogens (tertiary/aromatic N) is 3. The summed E-state index contributed by atoms with van der Waals surface area (Å²) in [5.41, 5.74) is 5.85. The lowest BCUT2D eigenvalue weighted by Crippen LogP contribution is -2.51. The van der Waals surface area contributed by atoms with Gasteiger partial charge in [-0.05, 0) is 19.8 Å². The summed E-state index contributed by atoms with van der Waals surface area (Å²) in [7, 11) is -3.89. The van der Waals surface area contributed by atoms with Crippen molar-refractivity contribution in [3.63, 3.8) is 0 Å². The van der Waals surface area contributed by atoms with E-state index in [0.717, 1.165) is 18.8 Å². The smallest absolute Gasteiger partial charge is 0.326 e. The Labute approximate surface area is 139 Å². The summed E-state index contributed by atoms with van der Waals surface area (Å²) >= 11 is 0. The second-order valence-electron chi connectivity index (χ2n) is 5.53. The monoisotopic (exact) mass is 376 g/mol. The normalized spacial score (nSPS) is 21.7. The third kappa shape index (κ3) is 4.82. The maximum atomic E-state index is 12.6. The zero-order valence-electron chi connectivity index (χ0n) is 12.5. The molecule has 23 heavy (non-hydrogen) atoms. The fourth-order valence-corrected chi connectivity index (χ4v) is 4.37. The molecule has 1 saturated heterocycles. The largest absolute Gasteiger partial charge is 0.408 e. The Morgan fingerprint density at radius 3 is 2.65 bits per heavy atom. The number of aromatic nitrogens is 2. The van der Waals surface area contributed by atoms with Gasteiger partial charge in [0.1, 0.15) is 11.4 Å². The van der Waals surface area contributed by atoms with Crippen molar-refractivity contribution < 1.29 is 21.6 Å². The van der Waals surface area contributed by atoms with Crippen LogP contribution in [0, 0.1) is 0 Å². The molecular formula is C12H20ClF3N4O2S. The number of piperidine rings is 1. The Morgan fingerprint density at radius 1 is 1.43 bits per heavy atom. The third-order valence-electron chi connectivity index (χ3n) is 3.66. The van der Waals surface area contributed by atoms with E-state index >= 15 is 0 Å². The number of rotatable bonds is 4. The molecule has 0 saturated carbocycles. The van der Waals surface area contributed by atoms with Gasteiger partial charge in [0.25, 0.3) is 0 Å². The van der Waals surface area contributed by atoms with E-state index in [1.807, 2.05) is 0 Å². The third-order valence-corrected chi connectivity index (χ3v) is 5.54. The van der Waals surface area contributed by atoms with Crippen LogP contribution in [0.3, 0.4) is 0 Å². The van der Waals surface area contributed by atoms with Gasteiger partial charge in [0.15, 0.2) is 0 Å². The predicted octanol–water partition coefficient (Wildman–Crippen LogP) is 1.76. The van der Waals surface area contributed by atoms with Crippen LogP contribution in [0.2, 0.25) is 0 Å².